The molecule has 4 heterocycles. The van der Waals surface area contributed by atoms with Crippen molar-refractivity contribution in [2.24, 2.45) is 0 Å². The Morgan fingerprint density at radius 2 is 2.20 bits per heavy atom. The number of fused-ring (bicyclic) bond motifs is 1. The van der Waals surface area contributed by atoms with Gasteiger partial charge >= 0.3 is 6.09 Å². The number of benzene rings is 1. The van der Waals surface area contributed by atoms with Crippen molar-refractivity contribution in [3.8, 4) is 0 Å². The van der Waals surface area contributed by atoms with Crippen LogP contribution < -0.4 is 5.32 Å². The number of pyridine rings is 1. The van der Waals surface area contributed by atoms with E-state index in [4.69, 9.17) is 16.3 Å². The van der Waals surface area contributed by atoms with Gasteiger partial charge in [0.1, 0.15) is 12.4 Å². The van der Waals surface area contributed by atoms with Gasteiger partial charge in [-0.15, -0.1) is 0 Å². The van der Waals surface area contributed by atoms with Gasteiger partial charge in [0.15, 0.2) is 0 Å². The van der Waals surface area contributed by atoms with Crippen molar-refractivity contribution in [2.75, 3.05) is 31.6 Å². The second-order valence-electron chi connectivity index (χ2n) is 8.38. The van der Waals surface area contributed by atoms with Crippen molar-refractivity contribution < 1.29 is 14.3 Å². The number of nitrogens with zero attached hydrogens (tertiary/aromatic N) is 3. The number of carbonyl (C=O) groups excluding carboxylic acids is 2. The van der Waals surface area contributed by atoms with Gasteiger partial charge in [-0.3, -0.25) is 9.69 Å². The summed E-state index contributed by atoms with van der Waals surface area (Å²) in [4.78, 5) is 32.9. The zero-order valence-corrected chi connectivity index (χ0v) is 17.5. The summed E-state index contributed by atoms with van der Waals surface area (Å²) in [5.74, 6) is 0.754. The maximum Gasteiger partial charge on any atom is 0.410 e. The van der Waals surface area contributed by atoms with Crippen molar-refractivity contribution in [2.45, 2.75) is 31.3 Å². The van der Waals surface area contributed by atoms with Crippen LogP contribution in [0.2, 0.25) is 5.02 Å². The highest BCUT2D eigenvalue weighted by molar-refractivity contribution is 6.30. The minimum absolute atomic E-state index is 0.0270. The van der Waals surface area contributed by atoms with Crippen molar-refractivity contribution in [3.63, 3.8) is 0 Å². The van der Waals surface area contributed by atoms with Crippen LogP contribution in [0.5, 0.6) is 0 Å². The van der Waals surface area contributed by atoms with E-state index in [2.05, 4.69) is 17.2 Å². The van der Waals surface area contributed by atoms with E-state index in [0.29, 0.717) is 36.8 Å². The molecule has 2 fully saturated rings. The fourth-order valence-electron chi connectivity index (χ4n) is 4.67. The molecule has 5 rings (SSSR count). The summed E-state index contributed by atoms with van der Waals surface area (Å²) in [5.41, 5.74) is 2.36. The lowest BCUT2D eigenvalue weighted by Gasteiger charge is -2.25. The average molecular weight is 427 g/mol. The maximum absolute atomic E-state index is 13.1. The Morgan fingerprint density at radius 3 is 2.97 bits per heavy atom. The zero-order chi connectivity index (χ0) is 20.9. The second-order valence-corrected chi connectivity index (χ2v) is 8.81. The Hall–Kier alpha value is -2.80. The van der Waals surface area contributed by atoms with Crippen LogP contribution in [0.3, 0.4) is 0 Å². The molecule has 1 aromatic carbocycles. The topological polar surface area (TPSA) is 74.8 Å². The van der Waals surface area contributed by atoms with Gasteiger partial charge in [0, 0.05) is 30.7 Å². The molecule has 1 unspecified atom stereocenters. The summed E-state index contributed by atoms with van der Waals surface area (Å²) in [7, 11) is 0. The van der Waals surface area contributed by atoms with Gasteiger partial charge in [-0.1, -0.05) is 23.7 Å². The van der Waals surface area contributed by atoms with Crippen LogP contribution >= 0.6 is 11.6 Å². The fraction of sp³-hybridized carbons (Fsp3) is 0.409. The number of hydrogen-bond acceptors (Lipinski definition) is 5. The summed E-state index contributed by atoms with van der Waals surface area (Å²) in [6, 6.07) is 9.77. The first kappa shape index (κ1) is 19.2. The summed E-state index contributed by atoms with van der Waals surface area (Å²) < 4.78 is 5.03. The monoisotopic (exact) mass is 426 g/mol. The number of amides is 2. The third-order valence-electron chi connectivity index (χ3n) is 6.30. The Kier molecular flexibility index (Phi) is 4.58. The minimum Gasteiger partial charge on any atom is -0.448 e. The number of rotatable bonds is 3. The average Bonchev–Trinajstić information content (AvgIpc) is 3.44. The summed E-state index contributed by atoms with van der Waals surface area (Å²) in [5, 5.41) is 4.18. The molecule has 2 saturated heterocycles. The quantitative estimate of drug-likeness (QED) is 0.815. The molecule has 1 aromatic heterocycles. The van der Waals surface area contributed by atoms with Gasteiger partial charge in [-0.2, -0.15) is 0 Å². The smallest absolute Gasteiger partial charge is 0.410 e. The lowest BCUT2D eigenvalue weighted by molar-refractivity contribution is 0.0779. The standard InChI is InChI=1S/C22H23ClN4O3/c1-22(16-3-2-4-17(23)10-16)11-14-9-15(12-24-19(14)25-22)20(28)26-6-5-18(13-26)27-7-8-30-21(27)29/h2-4,9-10,12,18H,5-8,11,13H2,1H3,(H,24,25)/t18-,22?/m0/s1. The second kappa shape index (κ2) is 7.16. The molecule has 0 aliphatic carbocycles. The van der Waals surface area contributed by atoms with E-state index in [-0.39, 0.29) is 23.6 Å². The number of aromatic nitrogens is 1. The lowest BCUT2D eigenvalue weighted by atomic mass is 9.89. The number of carbonyl (C=O) groups is 2. The van der Waals surface area contributed by atoms with Gasteiger partial charge in [0.2, 0.25) is 0 Å². The molecule has 156 valence electrons. The van der Waals surface area contributed by atoms with Crippen LogP contribution in [-0.2, 0) is 16.7 Å². The highest BCUT2D eigenvalue weighted by atomic mass is 35.5. The Labute approximate surface area is 180 Å². The molecule has 0 saturated carbocycles. The molecule has 2 aromatic rings. The lowest BCUT2D eigenvalue weighted by Crippen LogP contribution is -2.39. The normalized spacial score (nSPS) is 25.3. The highest BCUT2D eigenvalue weighted by Crippen LogP contribution is 2.39. The molecule has 30 heavy (non-hydrogen) atoms. The van der Waals surface area contributed by atoms with Crippen molar-refractivity contribution in [3.05, 3.63) is 58.2 Å². The van der Waals surface area contributed by atoms with Crippen LogP contribution in [0.15, 0.2) is 36.5 Å². The maximum atomic E-state index is 13.1. The van der Waals surface area contributed by atoms with E-state index in [9.17, 15) is 9.59 Å². The Morgan fingerprint density at radius 1 is 1.33 bits per heavy atom. The van der Waals surface area contributed by atoms with Gasteiger partial charge in [-0.25, -0.2) is 9.78 Å². The molecule has 0 spiro atoms. The van der Waals surface area contributed by atoms with Crippen LogP contribution in [0.1, 0.15) is 34.8 Å². The van der Waals surface area contributed by atoms with Crippen LogP contribution in [0, 0.1) is 0 Å². The van der Waals surface area contributed by atoms with E-state index < -0.39 is 0 Å². The molecule has 0 radical (unpaired) electrons. The molecule has 8 heteroatoms. The van der Waals surface area contributed by atoms with Crippen molar-refractivity contribution in [1.82, 2.24) is 14.8 Å². The van der Waals surface area contributed by atoms with Crippen molar-refractivity contribution >= 4 is 29.4 Å². The third kappa shape index (κ3) is 3.27. The largest absolute Gasteiger partial charge is 0.448 e. The van der Waals surface area contributed by atoms with Gasteiger partial charge in [-0.05, 0) is 42.7 Å². The molecule has 2 amide bonds. The molecule has 0 bridgehead atoms. The first-order chi connectivity index (χ1) is 14.4. The number of ether oxygens (including phenoxy) is 1. The highest BCUT2D eigenvalue weighted by Gasteiger charge is 2.38. The number of hydrogen-bond donors (Lipinski definition) is 1. The number of halogens is 1. The third-order valence-corrected chi connectivity index (χ3v) is 6.53. The SMILES string of the molecule is CC1(c2cccc(Cl)c2)Cc2cc(C(=O)N3CC[C@H](N4CCOC4=O)C3)cnc2N1. The van der Waals surface area contributed by atoms with E-state index >= 15 is 0 Å². The fourth-order valence-corrected chi connectivity index (χ4v) is 4.86. The number of anilines is 1. The van der Waals surface area contributed by atoms with Gasteiger partial charge in [0.25, 0.3) is 5.91 Å². The minimum atomic E-state index is -0.323. The van der Waals surface area contributed by atoms with Crippen molar-refractivity contribution in [1.29, 1.82) is 0 Å². The predicted octanol–water partition coefficient (Wildman–Crippen LogP) is 3.29. The van der Waals surface area contributed by atoms with Crippen LogP contribution in [0.25, 0.3) is 0 Å². The van der Waals surface area contributed by atoms with E-state index in [1.54, 1.807) is 16.0 Å². The molecule has 7 nitrogen and oxygen atoms in total. The number of likely N-dealkylation sites (tertiary alicyclic amines) is 1. The Bertz CT molecular complexity index is 1030. The van der Waals surface area contributed by atoms with E-state index in [1.165, 1.54) is 0 Å². The van der Waals surface area contributed by atoms with E-state index in [1.807, 2.05) is 30.3 Å². The van der Waals surface area contributed by atoms with Crippen LogP contribution in [0.4, 0.5) is 10.6 Å². The van der Waals surface area contributed by atoms with E-state index in [0.717, 1.165) is 29.8 Å². The zero-order valence-electron chi connectivity index (χ0n) is 16.7. The van der Waals surface area contributed by atoms with Crippen LogP contribution in [-0.4, -0.2) is 59.1 Å². The summed E-state index contributed by atoms with van der Waals surface area (Å²) in [6.07, 6.45) is 2.85. The Balaban J connectivity index is 1.32. The molecule has 3 aliphatic rings. The van der Waals surface area contributed by atoms with Gasteiger partial charge in [0.05, 0.1) is 23.7 Å². The molecule has 3 aliphatic heterocycles. The summed E-state index contributed by atoms with van der Waals surface area (Å²) >= 11 is 6.18. The number of cyclic esters (lactones) is 1. The molecule has 1 N–H and O–H groups in total. The first-order valence-electron chi connectivity index (χ1n) is 10.2. The molecule has 2 atom stereocenters. The number of nitrogens with one attached hydrogen (secondary N) is 1. The first-order valence-corrected chi connectivity index (χ1v) is 10.6. The summed E-state index contributed by atoms with van der Waals surface area (Å²) in [6.45, 7) is 4.30. The molecular formula is C22H23ClN4O3. The predicted molar refractivity (Wildman–Crippen MR) is 113 cm³/mol. The molecular weight excluding hydrogens is 404 g/mol. The van der Waals surface area contributed by atoms with Gasteiger partial charge < -0.3 is 15.0 Å².